The van der Waals surface area contributed by atoms with Gasteiger partial charge in [-0.05, 0) is 59.8 Å². The van der Waals surface area contributed by atoms with Gasteiger partial charge in [0.25, 0.3) is 0 Å². The molecule has 1 heterocycles. The van der Waals surface area contributed by atoms with Crippen LogP contribution in [0.1, 0.15) is 30.5 Å². The molecular formula is C21H23FIN6O2P. The van der Waals surface area contributed by atoms with E-state index in [2.05, 4.69) is 32.1 Å². The summed E-state index contributed by atoms with van der Waals surface area (Å²) in [5, 5.41) is 21.0. The number of anilines is 1. The van der Waals surface area contributed by atoms with Gasteiger partial charge in [-0.15, -0.1) is 0 Å². The second-order valence-electron chi connectivity index (χ2n) is 6.62. The summed E-state index contributed by atoms with van der Waals surface area (Å²) in [4.78, 5) is 3.59. The van der Waals surface area contributed by atoms with Crippen molar-refractivity contribution in [3.05, 3.63) is 70.1 Å². The van der Waals surface area contributed by atoms with Crippen LogP contribution in [0, 0.1) is 22.7 Å². The Balaban J connectivity index is 2.54. The Morgan fingerprint density at radius 1 is 1.38 bits per heavy atom. The Hall–Kier alpha value is -2.90. The zero-order chi connectivity index (χ0) is 23.8. The lowest BCUT2D eigenvalue weighted by atomic mass is 10.0. The molecule has 2 aromatic rings. The van der Waals surface area contributed by atoms with Crippen molar-refractivity contribution in [2.75, 3.05) is 18.8 Å². The number of pyridine rings is 1. The van der Waals surface area contributed by atoms with Gasteiger partial charge in [0.1, 0.15) is 18.2 Å². The number of rotatable bonds is 9. The molecule has 0 radical (unpaired) electrons. The fourth-order valence-electron chi connectivity index (χ4n) is 2.80. The summed E-state index contributed by atoms with van der Waals surface area (Å²) in [6.07, 6.45) is 2.99. The number of halogens is 2. The molecule has 0 aliphatic carbocycles. The van der Waals surface area contributed by atoms with Gasteiger partial charge in [0, 0.05) is 41.0 Å². The van der Waals surface area contributed by atoms with Gasteiger partial charge in [0.15, 0.2) is 11.5 Å². The number of benzene rings is 1. The van der Waals surface area contributed by atoms with Crippen LogP contribution in [0.25, 0.3) is 0 Å². The number of hydrogen-bond donors (Lipinski definition) is 4. The molecule has 1 aromatic carbocycles. The van der Waals surface area contributed by atoms with E-state index in [9.17, 15) is 4.39 Å². The number of aromatic nitrogens is 1. The van der Waals surface area contributed by atoms with Gasteiger partial charge in [0.2, 0.25) is 5.95 Å². The highest BCUT2D eigenvalue weighted by molar-refractivity contribution is 14.2. The average molecular weight is 568 g/mol. The summed E-state index contributed by atoms with van der Waals surface area (Å²) >= 11 is 2.17. The SMILES string of the molecule is COc1cc(NPI)c(C(=N)c2cnc(F)c(C#N)c2)cc1OCC(/C(C)=C\N)=C(\C)N. The third-order valence-corrected chi connectivity index (χ3v) is 5.75. The van der Waals surface area contributed by atoms with Crippen LogP contribution in [0.5, 0.6) is 11.5 Å². The molecule has 0 bridgehead atoms. The maximum atomic E-state index is 13.7. The summed E-state index contributed by atoms with van der Waals surface area (Å²) in [5.74, 6) is -0.0412. The summed E-state index contributed by atoms with van der Waals surface area (Å²) in [6.45, 7) is 3.73. The molecular weight excluding hydrogens is 545 g/mol. The fourth-order valence-corrected chi connectivity index (χ4v) is 3.98. The Labute approximate surface area is 200 Å². The van der Waals surface area contributed by atoms with Gasteiger partial charge < -0.3 is 26.0 Å². The van der Waals surface area contributed by atoms with Crippen molar-refractivity contribution in [2.24, 2.45) is 11.5 Å². The average Bonchev–Trinajstić information content (AvgIpc) is 2.79. The van der Waals surface area contributed by atoms with Crippen LogP contribution in [-0.2, 0) is 0 Å². The molecule has 2 rings (SSSR count). The van der Waals surface area contributed by atoms with Crippen molar-refractivity contribution in [2.45, 2.75) is 13.8 Å². The summed E-state index contributed by atoms with van der Waals surface area (Å²) in [7, 11) is 1.52. The molecule has 0 saturated heterocycles. The second kappa shape index (κ2) is 11.6. The van der Waals surface area contributed by atoms with Crippen LogP contribution in [0.4, 0.5) is 10.1 Å². The quantitative estimate of drug-likeness (QED) is 0.116. The number of allylic oxidation sites excluding steroid dienone is 1. The van der Waals surface area contributed by atoms with Crippen molar-refractivity contribution in [3.63, 3.8) is 0 Å². The van der Waals surface area contributed by atoms with Crippen LogP contribution >= 0.6 is 28.4 Å². The fraction of sp³-hybridized carbons (Fsp3) is 0.190. The smallest absolute Gasteiger partial charge is 0.230 e. The Morgan fingerprint density at radius 3 is 2.66 bits per heavy atom. The van der Waals surface area contributed by atoms with Gasteiger partial charge >= 0.3 is 0 Å². The normalized spacial score (nSPS) is 12.3. The number of nitrogens with one attached hydrogen (secondary N) is 2. The predicted octanol–water partition coefficient (Wildman–Crippen LogP) is 4.35. The molecule has 0 saturated carbocycles. The minimum Gasteiger partial charge on any atom is -0.493 e. The van der Waals surface area contributed by atoms with Crippen LogP contribution in [-0.4, -0.2) is 24.4 Å². The van der Waals surface area contributed by atoms with Crippen LogP contribution in [0.15, 0.2) is 47.4 Å². The lowest BCUT2D eigenvalue weighted by molar-refractivity contribution is 0.320. The zero-order valence-electron chi connectivity index (χ0n) is 17.7. The lowest BCUT2D eigenvalue weighted by Gasteiger charge is -2.18. The first kappa shape index (κ1) is 25.4. The minimum atomic E-state index is -0.880. The number of nitriles is 1. The van der Waals surface area contributed by atoms with Gasteiger partial charge in [0.05, 0.1) is 18.5 Å². The molecule has 1 atom stereocenters. The zero-order valence-corrected chi connectivity index (χ0v) is 20.9. The van der Waals surface area contributed by atoms with Gasteiger partial charge in [-0.25, -0.2) is 4.98 Å². The Bertz CT molecular complexity index is 1130. The van der Waals surface area contributed by atoms with Crippen LogP contribution < -0.4 is 26.0 Å². The standard InChI is InChI=1S/C21H23FIN6O2P/c1-11(7-24)16(12(2)26)10-31-19-5-15(17(29-32-23)6-18(19)30-3)20(27)14-4-13(8-25)21(22)28-9-14/h4-7,9,27,29,32H,10,24,26H2,1-3H3/b11-7-,16-12-,27-20?. The van der Waals surface area contributed by atoms with E-state index in [0.717, 1.165) is 11.1 Å². The molecule has 11 heteroatoms. The summed E-state index contributed by atoms with van der Waals surface area (Å²) in [6, 6.07) is 6.41. The molecule has 0 amide bonds. The van der Waals surface area contributed by atoms with Crippen LogP contribution in [0.2, 0.25) is 0 Å². The third kappa shape index (κ3) is 5.87. The number of nitrogens with zero attached hydrogens (tertiary/aromatic N) is 2. The largest absolute Gasteiger partial charge is 0.493 e. The number of methoxy groups -OCH3 is 1. The second-order valence-corrected chi connectivity index (χ2v) is 8.67. The summed E-state index contributed by atoms with van der Waals surface area (Å²) < 4.78 is 25.1. The van der Waals surface area contributed by atoms with E-state index in [1.165, 1.54) is 25.6 Å². The topological polar surface area (TPSA) is 143 Å². The van der Waals surface area contributed by atoms with Gasteiger partial charge in [-0.1, -0.05) is 0 Å². The lowest BCUT2D eigenvalue weighted by Crippen LogP contribution is -2.12. The molecule has 0 spiro atoms. The molecule has 1 aromatic heterocycles. The minimum absolute atomic E-state index is 0.0439. The first-order chi connectivity index (χ1) is 15.3. The molecule has 8 nitrogen and oxygen atoms in total. The molecule has 168 valence electrons. The number of ether oxygens (including phenoxy) is 2. The highest BCUT2D eigenvalue weighted by Gasteiger charge is 2.18. The maximum Gasteiger partial charge on any atom is 0.230 e. The van der Waals surface area contributed by atoms with Crippen molar-refractivity contribution in [3.8, 4) is 17.6 Å². The van der Waals surface area contributed by atoms with Gasteiger partial charge in [-0.3, -0.25) is 5.41 Å². The number of hydrogen-bond acceptors (Lipinski definition) is 8. The van der Waals surface area contributed by atoms with Gasteiger partial charge in [-0.2, -0.15) is 9.65 Å². The Morgan fingerprint density at radius 2 is 2.09 bits per heavy atom. The van der Waals surface area contributed by atoms with Crippen LogP contribution in [0.3, 0.4) is 0 Å². The van der Waals surface area contributed by atoms with Crippen molar-refractivity contribution in [1.82, 2.24) is 4.98 Å². The number of nitrogens with two attached hydrogens (primary N) is 2. The van der Waals surface area contributed by atoms with E-state index in [-0.39, 0.29) is 17.9 Å². The van der Waals surface area contributed by atoms with E-state index in [1.807, 2.05) is 6.92 Å². The predicted molar refractivity (Wildman–Crippen MR) is 134 cm³/mol. The molecule has 0 aliphatic heterocycles. The monoisotopic (exact) mass is 568 g/mol. The first-order valence-corrected chi connectivity index (χ1v) is 13.3. The van der Waals surface area contributed by atoms with E-state index in [1.54, 1.807) is 25.1 Å². The van der Waals surface area contributed by atoms with Crippen molar-refractivity contribution < 1.29 is 13.9 Å². The molecule has 32 heavy (non-hydrogen) atoms. The highest BCUT2D eigenvalue weighted by Crippen LogP contribution is 2.38. The van der Waals surface area contributed by atoms with E-state index < -0.39 is 5.95 Å². The Kier molecular flexibility index (Phi) is 9.23. The molecule has 1 unspecified atom stereocenters. The van der Waals surface area contributed by atoms with E-state index >= 15 is 0 Å². The molecule has 0 fully saturated rings. The third-order valence-electron chi connectivity index (χ3n) is 4.58. The first-order valence-electron chi connectivity index (χ1n) is 9.22. The van der Waals surface area contributed by atoms with Crippen molar-refractivity contribution >= 4 is 39.8 Å². The summed E-state index contributed by atoms with van der Waals surface area (Å²) in [5.41, 5.74) is 14.9. The molecule has 0 aliphatic rings. The van der Waals surface area contributed by atoms with E-state index in [0.29, 0.717) is 40.4 Å². The molecule has 6 N–H and O–H groups in total. The highest BCUT2D eigenvalue weighted by atomic mass is 127. The van der Waals surface area contributed by atoms with Crippen molar-refractivity contribution in [1.29, 1.82) is 10.7 Å². The maximum absolute atomic E-state index is 13.7. The van der Waals surface area contributed by atoms with E-state index in [4.69, 9.17) is 31.6 Å².